The molecular weight excluding hydrogens is 434 g/mol. The van der Waals surface area contributed by atoms with Crippen molar-refractivity contribution in [2.24, 2.45) is 11.8 Å². The molecule has 9 heteroatoms. The van der Waals surface area contributed by atoms with Crippen molar-refractivity contribution in [1.82, 2.24) is 10.2 Å². The van der Waals surface area contributed by atoms with Gasteiger partial charge in [-0.05, 0) is 44.2 Å². The van der Waals surface area contributed by atoms with Gasteiger partial charge in [0.2, 0.25) is 17.7 Å². The number of likely N-dealkylation sites (tertiary alicyclic amines) is 1. The van der Waals surface area contributed by atoms with E-state index in [-0.39, 0.29) is 24.3 Å². The Kier molecular flexibility index (Phi) is 6.22. The molecular formula is C23H30ClN3O5. The van der Waals surface area contributed by atoms with E-state index in [9.17, 15) is 19.5 Å². The van der Waals surface area contributed by atoms with Gasteiger partial charge in [0.25, 0.3) is 0 Å². The van der Waals surface area contributed by atoms with Crippen LogP contribution in [0.1, 0.15) is 39.0 Å². The number of ether oxygens (including phenoxy) is 1. The molecule has 3 fully saturated rings. The number of aliphatic hydroxyl groups excluding tert-OH is 1. The van der Waals surface area contributed by atoms with Crippen LogP contribution < -0.4 is 10.6 Å². The molecule has 1 aromatic rings. The van der Waals surface area contributed by atoms with Gasteiger partial charge in [-0.1, -0.05) is 30.7 Å². The van der Waals surface area contributed by atoms with Gasteiger partial charge in [0.1, 0.15) is 11.6 Å². The molecule has 1 spiro atoms. The zero-order valence-corrected chi connectivity index (χ0v) is 19.2. The molecule has 3 aliphatic rings. The number of anilines is 1. The SMILES string of the molecule is CC[C@@]12CCC3(O1)C(C(=O)Nc1ccccc1Cl)N(CCCCO)C(=O)[C@@H]3[C@@H]2C(=O)NC. The molecule has 5 atom stereocenters. The Morgan fingerprint density at radius 1 is 1.25 bits per heavy atom. The Morgan fingerprint density at radius 3 is 2.66 bits per heavy atom. The molecule has 2 unspecified atom stereocenters. The van der Waals surface area contributed by atoms with Crippen molar-refractivity contribution in [1.29, 1.82) is 0 Å². The van der Waals surface area contributed by atoms with Crippen LogP contribution in [0.15, 0.2) is 24.3 Å². The van der Waals surface area contributed by atoms with Crippen LogP contribution in [0.5, 0.6) is 0 Å². The molecule has 3 heterocycles. The summed E-state index contributed by atoms with van der Waals surface area (Å²) < 4.78 is 6.60. The molecule has 4 rings (SSSR count). The number of hydrogen-bond acceptors (Lipinski definition) is 5. The summed E-state index contributed by atoms with van der Waals surface area (Å²) in [6, 6.07) is 6.05. The van der Waals surface area contributed by atoms with Gasteiger partial charge < -0.3 is 25.4 Å². The van der Waals surface area contributed by atoms with E-state index in [1.54, 1.807) is 36.2 Å². The monoisotopic (exact) mass is 463 g/mol. The molecule has 32 heavy (non-hydrogen) atoms. The van der Waals surface area contributed by atoms with E-state index in [4.69, 9.17) is 16.3 Å². The van der Waals surface area contributed by atoms with Crippen LogP contribution in [-0.2, 0) is 19.1 Å². The molecule has 0 saturated carbocycles. The number of amides is 3. The summed E-state index contributed by atoms with van der Waals surface area (Å²) in [4.78, 5) is 41.8. The summed E-state index contributed by atoms with van der Waals surface area (Å²) >= 11 is 6.25. The summed E-state index contributed by atoms with van der Waals surface area (Å²) in [6.07, 6.45) is 2.79. The molecule has 1 aromatic carbocycles. The third kappa shape index (κ3) is 3.31. The number of carbonyl (C=O) groups is 3. The van der Waals surface area contributed by atoms with Crippen LogP contribution in [0.25, 0.3) is 0 Å². The first-order valence-electron chi connectivity index (χ1n) is 11.2. The van der Waals surface area contributed by atoms with E-state index in [2.05, 4.69) is 10.6 Å². The zero-order valence-electron chi connectivity index (χ0n) is 18.4. The number of hydrogen-bond donors (Lipinski definition) is 3. The number of fused-ring (bicyclic) bond motifs is 1. The lowest BCUT2D eigenvalue weighted by Gasteiger charge is -2.33. The van der Waals surface area contributed by atoms with Crippen molar-refractivity contribution in [2.75, 3.05) is 25.5 Å². The van der Waals surface area contributed by atoms with Gasteiger partial charge >= 0.3 is 0 Å². The summed E-state index contributed by atoms with van der Waals surface area (Å²) in [5, 5.41) is 15.2. The fourth-order valence-corrected chi connectivity index (χ4v) is 6.15. The zero-order chi connectivity index (χ0) is 23.1. The maximum absolute atomic E-state index is 13.7. The molecule has 8 nitrogen and oxygen atoms in total. The average Bonchev–Trinajstić information content (AvgIpc) is 3.39. The largest absolute Gasteiger partial charge is 0.396 e. The topological polar surface area (TPSA) is 108 Å². The van der Waals surface area contributed by atoms with Crippen molar-refractivity contribution < 1.29 is 24.2 Å². The summed E-state index contributed by atoms with van der Waals surface area (Å²) in [5.41, 5.74) is -1.35. The fourth-order valence-electron chi connectivity index (χ4n) is 5.97. The minimum Gasteiger partial charge on any atom is -0.396 e. The van der Waals surface area contributed by atoms with E-state index in [0.717, 1.165) is 0 Å². The molecule has 3 aliphatic heterocycles. The number of halogens is 1. The lowest BCUT2D eigenvalue weighted by molar-refractivity contribution is -0.145. The number of nitrogens with one attached hydrogen (secondary N) is 2. The Morgan fingerprint density at radius 2 is 2.00 bits per heavy atom. The van der Waals surface area contributed by atoms with E-state index in [1.165, 1.54) is 0 Å². The second kappa shape index (κ2) is 8.65. The molecule has 174 valence electrons. The van der Waals surface area contributed by atoms with Gasteiger partial charge in [0.15, 0.2) is 0 Å². The number of aliphatic hydroxyl groups is 1. The number of unbranched alkanes of at least 4 members (excludes halogenated alkanes) is 1. The highest BCUT2D eigenvalue weighted by Crippen LogP contribution is 2.64. The lowest BCUT2D eigenvalue weighted by Crippen LogP contribution is -2.53. The van der Waals surface area contributed by atoms with Gasteiger partial charge in [-0.25, -0.2) is 0 Å². The quantitative estimate of drug-likeness (QED) is 0.511. The van der Waals surface area contributed by atoms with Crippen LogP contribution in [-0.4, -0.2) is 65.2 Å². The standard InChI is InChI=1S/C23H30ClN3O5/c1-3-22-10-11-23(32-22)17(16(22)19(29)25-2)21(31)27(12-6-7-13-28)18(23)20(30)26-15-9-5-4-8-14(15)24/h4-5,8-9,16-18,28H,3,6-7,10-13H2,1-2H3,(H,25,29)(H,26,30)/t16-,17+,18?,22+,23?/m1/s1. The molecule has 2 bridgehead atoms. The van der Waals surface area contributed by atoms with Crippen LogP contribution in [0, 0.1) is 11.8 Å². The molecule has 3 amide bonds. The number of benzene rings is 1. The third-order valence-corrected chi connectivity index (χ3v) is 7.73. The molecule has 0 aromatic heterocycles. The minimum absolute atomic E-state index is 0.00337. The van der Waals surface area contributed by atoms with E-state index >= 15 is 0 Å². The van der Waals surface area contributed by atoms with Gasteiger partial charge in [-0.15, -0.1) is 0 Å². The van der Waals surface area contributed by atoms with Gasteiger partial charge in [-0.3, -0.25) is 14.4 Å². The number of carbonyl (C=O) groups excluding carboxylic acids is 3. The predicted octanol–water partition coefficient (Wildman–Crippen LogP) is 1.95. The molecule has 0 radical (unpaired) electrons. The highest BCUT2D eigenvalue weighted by molar-refractivity contribution is 6.33. The maximum atomic E-state index is 13.7. The van der Waals surface area contributed by atoms with E-state index in [1.807, 2.05) is 6.92 Å². The molecule has 0 aliphatic carbocycles. The Labute approximate surface area is 192 Å². The second-order valence-electron chi connectivity index (χ2n) is 8.88. The normalized spacial score (nSPS) is 32.8. The summed E-state index contributed by atoms with van der Waals surface area (Å²) in [5.74, 6) is -2.19. The number of para-hydroxylation sites is 1. The molecule has 3 saturated heterocycles. The van der Waals surface area contributed by atoms with Crippen LogP contribution in [0.3, 0.4) is 0 Å². The second-order valence-corrected chi connectivity index (χ2v) is 9.29. The first-order chi connectivity index (χ1) is 15.3. The first kappa shape index (κ1) is 23.0. The highest BCUT2D eigenvalue weighted by atomic mass is 35.5. The predicted molar refractivity (Wildman–Crippen MR) is 119 cm³/mol. The smallest absolute Gasteiger partial charge is 0.250 e. The van der Waals surface area contributed by atoms with Crippen LogP contribution in [0.2, 0.25) is 5.02 Å². The Balaban J connectivity index is 1.74. The Bertz CT molecular complexity index is 927. The van der Waals surface area contributed by atoms with E-state index < -0.39 is 29.1 Å². The summed E-state index contributed by atoms with van der Waals surface area (Å²) in [6.45, 7) is 2.27. The molecule has 3 N–H and O–H groups in total. The number of nitrogens with zero attached hydrogens (tertiary/aromatic N) is 1. The highest BCUT2D eigenvalue weighted by Gasteiger charge is 2.78. The van der Waals surface area contributed by atoms with Crippen molar-refractivity contribution in [2.45, 2.75) is 56.3 Å². The van der Waals surface area contributed by atoms with Gasteiger partial charge in [0, 0.05) is 20.2 Å². The van der Waals surface area contributed by atoms with Crippen molar-refractivity contribution in [3.05, 3.63) is 29.3 Å². The van der Waals surface area contributed by atoms with Crippen molar-refractivity contribution in [3.63, 3.8) is 0 Å². The Hall–Kier alpha value is -2.16. The fraction of sp³-hybridized carbons (Fsp3) is 0.609. The maximum Gasteiger partial charge on any atom is 0.250 e. The van der Waals surface area contributed by atoms with Crippen LogP contribution >= 0.6 is 11.6 Å². The van der Waals surface area contributed by atoms with E-state index in [0.29, 0.717) is 49.4 Å². The van der Waals surface area contributed by atoms with Crippen molar-refractivity contribution >= 4 is 35.0 Å². The number of rotatable bonds is 8. The lowest BCUT2D eigenvalue weighted by atomic mass is 9.65. The summed E-state index contributed by atoms with van der Waals surface area (Å²) in [7, 11) is 1.56. The third-order valence-electron chi connectivity index (χ3n) is 7.40. The first-order valence-corrected chi connectivity index (χ1v) is 11.6. The van der Waals surface area contributed by atoms with Crippen LogP contribution in [0.4, 0.5) is 5.69 Å². The average molecular weight is 464 g/mol. The van der Waals surface area contributed by atoms with Gasteiger partial charge in [-0.2, -0.15) is 0 Å². The minimum atomic E-state index is -1.06. The van der Waals surface area contributed by atoms with Gasteiger partial charge in [0.05, 0.1) is 28.1 Å². The van der Waals surface area contributed by atoms with Crippen molar-refractivity contribution in [3.8, 4) is 0 Å².